The van der Waals surface area contributed by atoms with Gasteiger partial charge in [-0.3, -0.25) is 4.68 Å². The molecule has 0 spiro atoms. The molecule has 0 aliphatic rings. The summed E-state index contributed by atoms with van der Waals surface area (Å²) in [6, 6.07) is 2.10. The third-order valence-corrected chi connectivity index (χ3v) is 2.16. The maximum atomic E-state index is 5.31. The second-order valence-corrected chi connectivity index (χ2v) is 4.13. The van der Waals surface area contributed by atoms with Crippen molar-refractivity contribution >= 4 is 0 Å². The van der Waals surface area contributed by atoms with Crippen molar-refractivity contribution in [2.24, 2.45) is 13.0 Å². The van der Waals surface area contributed by atoms with Gasteiger partial charge in [0.15, 0.2) is 0 Å². The van der Waals surface area contributed by atoms with Crippen LogP contribution in [0.5, 0.6) is 0 Å². The molecule has 1 N–H and O–H groups in total. The summed E-state index contributed by atoms with van der Waals surface area (Å²) in [5.41, 5.74) is 5.22. The van der Waals surface area contributed by atoms with E-state index in [2.05, 4.69) is 37.4 Å². The molecule has 0 atom stereocenters. The second kappa shape index (κ2) is 5.88. The van der Waals surface area contributed by atoms with Crippen molar-refractivity contribution in [2.45, 2.75) is 33.7 Å². The van der Waals surface area contributed by atoms with Gasteiger partial charge in [0, 0.05) is 7.05 Å². The van der Waals surface area contributed by atoms with E-state index in [-0.39, 0.29) is 0 Å². The van der Waals surface area contributed by atoms with Crippen LogP contribution in [0.1, 0.15) is 32.2 Å². The van der Waals surface area contributed by atoms with E-state index in [4.69, 9.17) is 4.84 Å². The maximum absolute atomic E-state index is 5.31. The van der Waals surface area contributed by atoms with Crippen molar-refractivity contribution in [3.63, 3.8) is 0 Å². The summed E-state index contributed by atoms with van der Waals surface area (Å²) in [7, 11) is 1.96. The van der Waals surface area contributed by atoms with Crippen LogP contribution in [-0.2, 0) is 24.9 Å². The molecule has 0 aliphatic heterocycles. The molecule has 1 aromatic rings. The van der Waals surface area contributed by atoms with Gasteiger partial charge in [0.2, 0.25) is 0 Å². The van der Waals surface area contributed by atoms with Crippen molar-refractivity contribution < 1.29 is 4.84 Å². The Hall–Kier alpha value is -0.870. The zero-order valence-electron chi connectivity index (χ0n) is 10.1. The molecular formula is C11H21N3O. The molecule has 1 aromatic heterocycles. The summed E-state index contributed by atoms with van der Waals surface area (Å²) in [5, 5.41) is 4.36. The number of rotatable bonds is 6. The Morgan fingerprint density at radius 3 is 2.80 bits per heavy atom. The maximum Gasteiger partial charge on any atom is 0.0705 e. The second-order valence-electron chi connectivity index (χ2n) is 4.13. The third kappa shape index (κ3) is 4.01. The molecule has 1 rings (SSSR count). The highest BCUT2D eigenvalue weighted by molar-refractivity contribution is 5.09. The molecule has 4 nitrogen and oxygen atoms in total. The van der Waals surface area contributed by atoms with E-state index in [0.29, 0.717) is 12.5 Å². The highest BCUT2D eigenvalue weighted by atomic mass is 16.6. The lowest BCUT2D eigenvalue weighted by atomic mass is 10.2. The summed E-state index contributed by atoms with van der Waals surface area (Å²) >= 11 is 0. The van der Waals surface area contributed by atoms with Gasteiger partial charge in [-0.2, -0.15) is 10.6 Å². The predicted octanol–water partition coefficient (Wildman–Crippen LogP) is 1.66. The van der Waals surface area contributed by atoms with E-state index in [1.165, 1.54) is 0 Å². The number of aryl methyl sites for hydroxylation is 2. The molecule has 0 bridgehead atoms. The van der Waals surface area contributed by atoms with Crippen LogP contribution >= 0.6 is 0 Å². The van der Waals surface area contributed by atoms with Gasteiger partial charge in [0.25, 0.3) is 0 Å². The Labute approximate surface area is 91.6 Å². The van der Waals surface area contributed by atoms with Crippen LogP contribution in [0.4, 0.5) is 0 Å². The van der Waals surface area contributed by atoms with E-state index in [9.17, 15) is 0 Å². The van der Waals surface area contributed by atoms with Crippen molar-refractivity contribution in [1.82, 2.24) is 15.3 Å². The SMILES string of the molecule is CCc1cc(CNOCC(C)C)n(C)n1. The zero-order valence-corrected chi connectivity index (χ0v) is 10.1. The molecule has 4 heteroatoms. The minimum atomic E-state index is 0.551. The van der Waals surface area contributed by atoms with Crippen molar-refractivity contribution in [1.29, 1.82) is 0 Å². The first kappa shape index (κ1) is 12.2. The molecule has 86 valence electrons. The highest BCUT2D eigenvalue weighted by Crippen LogP contribution is 2.03. The molecule has 0 aromatic carbocycles. The zero-order chi connectivity index (χ0) is 11.3. The Kier molecular flexibility index (Phi) is 4.78. The third-order valence-electron chi connectivity index (χ3n) is 2.16. The van der Waals surface area contributed by atoms with Gasteiger partial charge < -0.3 is 4.84 Å². The lowest BCUT2D eigenvalue weighted by Crippen LogP contribution is -2.18. The van der Waals surface area contributed by atoms with Gasteiger partial charge in [-0.25, -0.2) is 0 Å². The molecular weight excluding hydrogens is 190 g/mol. The van der Waals surface area contributed by atoms with Crippen LogP contribution in [0.15, 0.2) is 6.07 Å². The first-order valence-corrected chi connectivity index (χ1v) is 5.50. The Bertz CT molecular complexity index is 294. The topological polar surface area (TPSA) is 39.1 Å². The van der Waals surface area contributed by atoms with Gasteiger partial charge in [-0.1, -0.05) is 20.8 Å². The standard InChI is InChI=1S/C11H21N3O/c1-5-10-6-11(14(4)13-10)7-12-15-8-9(2)3/h6,9,12H,5,7-8H2,1-4H3. The fraction of sp³-hybridized carbons (Fsp3) is 0.727. The van der Waals surface area contributed by atoms with Crippen LogP contribution in [0, 0.1) is 5.92 Å². The number of hydrogen-bond acceptors (Lipinski definition) is 3. The smallest absolute Gasteiger partial charge is 0.0705 e. The minimum Gasteiger partial charge on any atom is -0.301 e. The van der Waals surface area contributed by atoms with Gasteiger partial charge in [0.1, 0.15) is 0 Å². The Balaban J connectivity index is 2.33. The number of nitrogens with zero attached hydrogens (tertiary/aromatic N) is 2. The average Bonchev–Trinajstić information content (AvgIpc) is 2.54. The summed E-state index contributed by atoms with van der Waals surface area (Å²) in [4.78, 5) is 5.31. The van der Waals surface area contributed by atoms with Crippen LogP contribution in [-0.4, -0.2) is 16.4 Å². The fourth-order valence-electron chi connectivity index (χ4n) is 1.26. The van der Waals surface area contributed by atoms with Crippen molar-refractivity contribution in [2.75, 3.05) is 6.61 Å². The Morgan fingerprint density at radius 2 is 2.27 bits per heavy atom. The number of nitrogens with one attached hydrogen (secondary N) is 1. The molecule has 0 radical (unpaired) electrons. The molecule has 0 saturated carbocycles. The summed E-state index contributed by atoms with van der Waals surface area (Å²) in [6.45, 7) is 7.80. The van der Waals surface area contributed by atoms with Gasteiger partial charge in [-0.05, 0) is 18.4 Å². The van der Waals surface area contributed by atoms with Crippen molar-refractivity contribution in [3.05, 3.63) is 17.5 Å². The van der Waals surface area contributed by atoms with E-state index in [1.807, 2.05) is 11.7 Å². The quantitative estimate of drug-likeness (QED) is 0.574. The van der Waals surface area contributed by atoms with Crippen LogP contribution < -0.4 is 5.48 Å². The van der Waals surface area contributed by atoms with E-state index < -0.39 is 0 Å². The number of hydroxylamine groups is 1. The first-order valence-electron chi connectivity index (χ1n) is 5.50. The first-order chi connectivity index (χ1) is 7.13. The normalized spacial score (nSPS) is 11.3. The molecule has 0 unspecified atom stereocenters. The molecule has 15 heavy (non-hydrogen) atoms. The van der Waals surface area contributed by atoms with Crippen LogP contribution in [0.25, 0.3) is 0 Å². The molecule has 1 heterocycles. The number of aromatic nitrogens is 2. The van der Waals surface area contributed by atoms with E-state index >= 15 is 0 Å². The van der Waals surface area contributed by atoms with Gasteiger partial charge in [0.05, 0.1) is 24.5 Å². The largest absolute Gasteiger partial charge is 0.301 e. The molecule has 0 aliphatic carbocycles. The summed E-state index contributed by atoms with van der Waals surface area (Å²) in [5.74, 6) is 0.551. The number of hydrogen-bond donors (Lipinski definition) is 1. The van der Waals surface area contributed by atoms with Crippen LogP contribution in [0.2, 0.25) is 0 Å². The predicted molar refractivity (Wildman–Crippen MR) is 60.2 cm³/mol. The molecule has 0 fully saturated rings. The Morgan fingerprint density at radius 1 is 1.53 bits per heavy atom. The molecule has 0 saturated heterocycles. The van der Waals surface area contributed by atoms with Crippen LogP contribution in [0.3, 0.4) is 0 Å². The molecule has 0 amide bonds. The van der Waals surface area contributed by atoms with Gasteiger partial charge in [-0.15, -0.1) is 0 Å². The lowest BCUT2D eigenvalue weighted by Gasteiger charge is -2.07. The van der Waals surface area contributed by atoms with Gasteiger partial charge >= 0.3 is 0 Å². The minimum absolute atomic E-state index is 0.551. The monoisotopic (exact) mass is 211 g/mol. The summed E-state index contributed by atoms with van der Waals surface area (Å²) in [6.07, 6.45) is 0.973. The average molecular weight is 211 g/mol. The van der Waals surface area contributed by atoms with E-state index in [0.717, 1.165) is 24.4 Å². The summed E-state index contributed by atoms with van der Waals surface area (Å²) < 4.78 is 1.89. The van der Waals surface area contributed by atoms with Crippen molar-refractivity contribution in [3.8, 4) is 0 Å². The van der Waals surface area contributed by atoms with E-state index in [1.54, 1.807) is 0 Å². The highest BCUT2D eigenvalue weighted by Gasteiger charge is 2.03. The fourth-order valence-corrected chi connectivity index (χ4v) is 1.26. The lowest BCUT2D eigenvalue weighted by molar-refractivity contribution is 0.0185.